The smallest absolute Gasteiger partial charge is 0.251 e. The van der Waals surface area contributed by atoms with Crippen LogP contribution in [0.25, 0.3) is 10.9 Å². The first-order valence-corrected chi connectivity index (χ1v) is 7.51. The number of hydrogen-bond donors (Lipinski definition) is 2. The highest BCUT2D eigenvalue weighted by atomic mass is 32.2. The minimum atomic E-state index is 0.0130. The van der Waals surface area contributed by atoms with Crippen molar-refractivity contribution in [3.8, 4) is 0 Å². The van der Waals surface area contributed by atoms with Crippen molar-refractivity contribution in [1.29, 1.82) is 0 Å². The molecule has 0 radical (unpaired) electrons. The summed E-state index contributed by atoms with van der Waals surface area (Å²) in [6.45, 7) is 2.09. The van der Waals surface area contributed by atoms with Crippen LogP contribution in [0.2, 0.25) is 0 Å². The molecule has 3 nitrogen and oxygen atoms in total. The standard InChI is InChI=1S/C14H18N2OS/c1-3-12(9-18-2)16-14(17)11-4-5-13-10(8-11)6-7-15-13/h4-8,12,15H,3,9H2,1-2H3,(H,16,17). The number of H-pyrrole nitrogens is 1. The van der Waals surface area contributed by atoms with E-state index in [1.807, 2.05) is 30.5 Å². The van der Waals surface area contributed by atoms with Crippen LogP contribution >= 0.6 is 11.8 Å². The first-order valence-electron chi connectivity index (χ1n) is 6.11. The predicted octanol–water partition coefficient (Wildman–Crippen LogP) is 3.04. The van der Waals surface area contributed by atoms with Gasteiger partial charge >= 0.3 is 0 Å². The molecule has 0 saturated carbocycles. The molecule has 1 amide bonds. The second-order valence-electron chi connectivity index (χ2n) is 4.31. The summed E-state index contributed by atoms with van der Waals surface area (Å²) in [5.41, 5.74) is 1.78. The Balaban J connectivity index is 2.12. The zero-order valence-electron chi connectivity index (χ0n) is 10.7. The SMILES string of the molecule is CCC(CSC)NC(=O)c1ccc2[nH]ccc2c1. The Morgan fingerprint density at radius 1 is 1.44 bits per heavy atom. The summed E-state index contributed by atoms with van der Waals surface area (Å²) in [5.74, 6) is 0.966. The molecule has 1 aromatic heterocycles. The van der Waals surface area contributed by atoms with Gasteiger partial charge in [-0.25, -0.2) is 0 Å². The summed E-state index contributed by atoms with van der Waals surface area (Å²) in [7, 11) is 0. The first kappa shape index (κ1) is 13.0. The van der Waals surface area contributed by atoms with Crippen molar-refractivity contribution in [2.24, 2.45) is 0 Å². The molecule has 18 heavy (non-hydrogen) atoms. The molecule has 2 aromatic rings. The Hall–Kier alpha value is -1.42. The lowest BCUT2D eigenvalue weighted by Gasteiger charge is -2.15. The number of rotatable bonds is 5. The molecule has 0 aliphatic heterocycles. The minimum absolute atomic E-state index is 0.0130. The maximum absolute atomic E-state index is 12.1. The lowest BCUT2D eigenvalue weighted by Crippen LogP contribution is -2.36. The molecule has 96 valence electrons. The quantitative estimate of drug-likeness (QED) is 0.870. The highest BCUT2D eigenvalue weighted by Crippen LogP contribution is 2.14. The zero-order chi connectivity index (χ0) is 13.0. The van der Waals surface area contributed by atoms with E-state index in [0.717, 1.165) is 28.6 Å². The van der Waals surface area contributed by atoms with Gasteiger partial charge in [-0.05, 0) is 36.9 Å². The molecule has 0 spiro atoms. The zero-order valence-corrected chi connectivity index (χ0v) is 11.5. The van der Waals surface area contributed by atoms with Crippen LogP contribution < -0.4 is 5.32 Å². The third-order valence-electron chi connectivity index (χ3n) is 3.01. The van der Waals surface area contributed by atoms with Crippen molar-refractivity contribution >= 4 is 28.6 Å². The van der Waals surface area contributed by atoms with E-state index in [0.29, 0.717) is 0 Å². The van der Waals surface area contributed by atoms with Gasteiger partial charge in [0.1, 0.15) is 0 Å². The van der Waals surface area contributed by atoms with E-state index in [9.17, 15) is 4.79 Å². The average molecular weight is 262 g/mol. The van der Waals surface area contributed by atoms with Gasteiger partial charge in [0, 0.05) is 34.5 Å². The van der Waals surface area contributed by atoms with Crippen LogP contribution in [-0.4, -0.2) is 28.9 Å². The van der Waals surface area contributed by atoms with E-state index in [4.69, 9.17) is 0 Å². The molecule has 4 heteroatoms. The summed E-state index contributed by atoms with van der Waals surface area (Å²) >= 11 is 1.76. The third-order valence-corrected chi connectivity index (χ3v) is 3.75. The molecule has 0 aliphatic rings. The minimum Gasteiger partial charge on any atom is -0.361 e. The van der Waals surface area contributed by atoms with Crippen molar-refractivity contribution < 1.29 is 4.79 Å². The number of aromatic nitrogens is 1. The Labute approximate surface area is 111 Å². The van der Waals surface area contributed by atoms with Crippen LogP contribution in [0.5, 0.6) is 0 Å². The molecular weight excluding hydrogens is 244 g/mol. The monoisotopic (exact) mass is 262 g/mol. The first-order chi connectivity index (χ1) is 8.74. The van der Waals surface area contributed by atoms with E-state index < -0.39 is 0 Å². The largest absolute Gasteiger partial charge is 0.361 e. The normalized spacial score (nSPS) is 12.6. The number of hydrogen-bond acceptors (Lipinski definition) is 2. The molecule has 1 aromatic carbocycles. The molecule has 1 atom stereocenters. The molecule has 0 saturated heterocycles. The molecule has 2 N–H and O–H groups in total. The molecule has 0 bridgehead atoms. The summed E-state index contributed by atoms with van der Waals surface area (Å²) in [5, 5.41) is 4.14. The van der Waals surface area contributed by atoms with E-state index in [1.165, 1.54) is 0 Å². The molecule has 1 unspecified atom stereocenters. The Kier molecular flexibility index (Phi) is 4.31. The Morgan fingerprint density at radius 2 is 2.28 bits per heavy atom. The average Bonchev–Trinajstić information content (AvgIpc) is 2.85. The molecular formula is C14H18N2OS. The van der Waals surface area contributed by atoms with Gasteiger partial charge in [-0.1, -0.05) is 6.92 Å². The number of carbonyl (C=O) groups is 1. The highest BCUT2D eigenvalue weighted by molar-refractivity contribution is 7.98. The van der Waals surface area contributed by atoms with Crippen molar-refractivity contribution in [2.45, 2.75) is 19.4 Å². The van der Waals surface area contributed by atoms with Gasteiger partial charge in [0.25, 0.3) is 5.91 Å². The lowest BCUT2D eigenvalue weighted by molar-refractivity contribution is 0.0940. The number of aromatic amines is 1. The number of carbonyl (C=O) groups excluding carboxylic acids is 1. The van der Waals surface area contributed by atoms with Gasteiger partial charge in [-0.3, -0.25) is 4.79 Å². The van der Waals surface area contributed by atoms with E-state index in [2.05, 4.69) is 23.5 Å². The van der Waals surface area contributed by atoms with E-state index in [1.54, 1.807) is 11.8 Å². The second-order valence-corrected chi connectivity index (χ2v) is 5.22. The van der Waals surface area contributed by atoms with Crippen LogP contribution in [0, 0.1) is 0 Å². The highest BCUT2D eigenvalue weighted by Gasteiger charge is 2.12. The van der Waals surface area contributed by atoms with Crippen LogP contribution in [0.15, 0.2) is 30.5 Å². The van der Waals surface area contributed by atoms with E-state index in [-0.39, 0.29) is 11.9 Å². The Bertz CT molecular complexity index is 535. The summed E-state index contributed by atoms with van der Waals surface area (Å²) in [6, 6.07) is 7.95. The maximum Gasteiger partial charge on any atom is 0.251 e. The number of thioether (sulfide) groups is 1. The van der Waals surface area contributed by atoms with Gasteiger partial charge in [0.15, 0.2) is 0 Å². The van der Waals surface area contributed by atoms with Crippen molar-refractivity contribution in [1.82, 2.24) is 10.3 Å². The van der Waals surface area contributed by atoms with Crippen LogP contribution in [0.4, 0.5) is 0 Å². The fourth-order valence-electron chi connectivity index (χ4n) is 1.93. The van der Waals surface area contributed by atoms with Crippen LogP contribution in [0.1, 0.15) is 23.7 Å². The van der Waals surface area contributed by atoms with Crippen molar-refractivity contribution in [3.63, 3.8) is 0 Å². The molecule has 2 rings (SSSR count). The summed E-state index contributed by atoms with van der Waals surface area (Å²) in [6.07, 6.45) is 4.90. The van der Waals surface area contributed by atoms with Gasteiger partial charge < -0.3 is 10.3 Å². The van der Waals surface area contributed by atoms with Crippen LogP contribution in [-0.2, 0) is 0 Å². The van der Waals surface area contributed by atoms with Gasteiger partial charge in [0.2, 0.25) is 0 Å². The van der Waals surface area contributed by atoms with Crippen molar-refractivity contribution in [2.75, 3.05) is 12.0 Å². The van der Waals surface area contributed by atoms with Gasteiger partial charge in [-0.2, -0.15) is 11.8 Å². The lowest BCUT2D eigenvalue weighted by atomic mass is 10.1. The van der Waals surface area contributed by atoms with Gasteiger partial charge in [-0.15, -0.1) is 0 Å². The van der Waals surface area contributed by atoms with Gasteiger partial charge in [0.05, 0.1) is 0 Å². The fourth-order valence-corrected chi connectivity index (χ4v) is 2.65. The fraction of sp³-hybridized carbons (Fsp3) is 0.357. The molecule has 0 fully saturated rings. The van der Waals surface area contributed by atoms with Crippen LogP contribution in [0.3, 0.4) is 0 Å². The summed E-state index contributed by atoms with van der Waals surface area (Å²) < 4.78 is 0. The second kappa shape index (κ2) is 5.96. The topological polar surface area (TPSA) is 44.9 Å². The third kappa shape index (κ3) is 2.88. The number of benzene rings is 1. The molecule has 0 aliphatic carbocycles. The predicted molar refractivity (Wildman–Crippen MR) is 78.2 cm³/mol. The molecule has 1 heterocycles. The number of amides is 1. The van der Waals surface area contributed by atoms with E-state index >= 15 is 0 Å². The van der Waals surface area contributed by atoms with Crippen molar-refractivity contribution in [3.05, 3.63) is 36.0 Å². The number of fused-ring (bicyclic) bond motifs is 1. The maximum atomic E-state index is 12.1. The Morgan fingerprint density at radius 3 is 3.00 bits per heavy atom. The summed E-state index contributed by atoms with van der Waals surface area (Å²) in [4.78, 5) is 15.2. The number of nitrogens with one attached hydrogen (secondary N) is 2.